The summed E-state index contributed by atoms with van der Waals surface area (Å²) in [6.45, 7) is 2.05. The van der Waals surface area contributed by atoms with Crippen molar-refractivity contribution in [2.45, 2.75) is 18.5 Å². The fraction of sp³-hybridized carbons (Fsp3) is 0.562. The van der Waals surface area contributed by atoms with Gasteiger partial charge in [-0.1, -0.05) is 30.3 Å². The van der Waals surface area contributed by atoms with Gasteiger partial charge in [0.25, 0.3) is 0 Å². The number of fused-ring (bicyclic) bond motifs is 1. The molecule has 0 amide bonds. The van der Waals surface area contributed by atoms with Crippen molar-refractivity contribution < 1.29 is 18.3 Å². The van der Waals surface area contributed by atoms with Gasteiger partial charge in [0.15, 0.2) is 9.84 Å². The van der Waals surface area contributed by atoms with Gasteiger partial charge in [-0.2, -0.15) is 0 Å². The summed E-state index contributed by atoms with van der Waals surface area (Å²) in [7, 11) is -3.09. The molecule has 1 aromatic rings. The van der Waals surface area contributed by atoms with E-state index >= 15 is 0 Å². The molecular weight excluding hydrogens is 316 g/mol. The Hall–Kier alpha value is -1.44. The van der Waals surface area contributed by atoms with Crippen LogP contribution in [0.25, 0.3) is 0 Å². The van der Waals surface area contributed by atoms with Gasteiger partial charge in [-0.15, -0.1) is 0 Å². The maximum Gasteiger partial charge on any atom is 0.317 e. The number of rotatable bonds is 5. The van der Waals surface area contributed by atoms with Gasteiger partial charge in [0, 0.05) is 31.7 Å². The number of carbonyl (C=O) groups is 1. The van der Waals surface area contributed by atoms with E-state index in [2.05, 4.69) is 17.0 Å². The van der Waals surface area contributed by atoms with Crippen molar-refractivity contribution in [3.05, 3.63) is 35.9 Å². The van der Waals surface area contributed by atoms with Crippen molar-refractivity contribution in [2.24, 2.45) is 0 Å². The Bertz CT molecular complexity index is 662. The van der Waals surface area contributed by atoms with Crippen LogP contribution >= 0.6 is 0 Å². The summed E-state index contributed by atoms with van der Waals surface area (Å²) in [5, 5.41) is 9.03. The summed E-state index contributed by atoms with van der Waals surface area (Å²) in [5.41, 5.74) is 1.23. The van der Waals surface area contributed by atoms with Gasteiger partial charge in [0.05, 0.1) is 18.1 Å². The summed E-state index contributed by atoms with van der Waals surface area (Å²) in [6, 6.07) is 9.85. The van der Waals surface area contributed by atoms with Crippen LogP contribution in [0.15, 0.2) is 30.3 Å². The predicted molar refractivity (Wildman–Crippen MR) is 87.2 cm³/mol. The van der Waals surface area contributed by atoms with Crippen LogP contribution in [0, 0.1) is 0 Å². The zero-order valence-electron chi connectivity index (χ0n) is 13.0. The van der Waals surface area contributed by atoms with E-state index in [1.807, 2.05) is 23.1 Å². The third kappa shape index (κ3) is 3.91. The number of aliphatic carboxylic acids is 1. The maximum absolute atomic E-state index is 12.0. The van der Waals surface area contributed by atoms with Crippen LogP contribution in [0.5, 0.6) is 0 Å². The average molecular weight is 338 g/mol. The number of carboxylic acids is 1. The Labute approximate surface area is 136 Å². The molecule has 7 heteroatoms. The molecule has 126 valence electrons. The maximum atomic E-state index is 12.0. The highest BCUT2D eigenvalue weighted by Crippen LogP contribution is 2.27. The van der Waals surface area contributed by atoms with Gasteiger partial charge in [-0.3, -0.25) is 14.6 Å². The molecule has 2 atom stereocenters. The number of carboxylic acid groups (broad SMARTS) is 1. The molecule has 23 heavy (non-hydrogen) atoms. The van der Waals surface area contributed by atoms with Gasteiger partial charge in [-0.05, 0) is 12.0 Å². The Morgan fingerprint density at radius 1 is 1.09 bits per heavy atom. The highest BCUT2D eigenvalue weighted by atomic mass is 32.2. The highest BCUT2D eigenvalue weighted by Gasteiger charge is 2.46. The first kappa shape index (κ1) is 16.4. The van der Waals surface area contributed by atoms with Gasteiger partial charge in [0.2, 0.25) is 0 Å². The molecule has 0 saturated carbocycles. The monoisotopic (exact) mass is 338 g/mol. The number of hydrogen-bond donors (Lipinski definition) is 1. The molecule has 2 aliphatic rings. The Balaban J connectivity index is 1.69. The minimum Gasteiger partial charge on any atom is -0.480 e. The second-order valence-electron chi connectivity index (χ2n) is 6.35. The summed E-state index contributed by atoms with van der Waals surface area (Å²) < 4.78 is 24.1. The van der Waals surface area contributed by atoms with Crippen LogP contribution in [0.2, 0.25) is 0 Å². The van der Waals surface area contributed by atoms with Gasteiger partial charge in [-0.25, -0.2) is 8.42 Å². The normalized spacial score (nSPS) is 27.7. The van der Waals surface area contributed by atoms with Crippen molar-refractivity contribution >= 4 is 15.8 Å². The molecule has 0 aliphatic carbocycles. The molecular formula is C16H22N2O4S. The summed E-state index contributed by atoms with van der Waals surface area (Å²) in [5.74, 6) is -0.680. The second-order valence-corrected chi connectivity index (χ2v) is 8.50. The second kappa shape index (κ2) is 6.59. The standard InChI is InChI=1S/C16H22N2O4S/c19-16(20)10-18-9-8-17(7-6-13-4-2-1-3-5-13)14-11-23(21,22)12-15(14)18/h1-5,14-15H,6-12H2,(H,19,20)/t14-,15+/m0/s1. The summed E-state index contributed by atoms with van der Waals surface area (Å²) in [6.07, 6.45) is 0.878. The molecule has 1 N–H and O–H groups in total. The molecule has 2 saturated heterocycles. The smallest absolute Gasteiger partial charge is 0.317 e. The molecule has 1 aromatic carbocycles. The number of piperazine rings is 1. The van der Waals surface area contributed by atoms with E-state index in [0.717, 1.165) is 19.5 Å². The Morgan fingerprint density at radius 3 is 2.35 bits per heavy atom. The third-order valence-electron chi connectivity index (χ3n) is 4.77. The lowest BCUT2D eigenvalue weighted by atomic mass is 10.0. The molecule has 0 aromatic heterocycles. The molecule has 3 rings (SSSR count). The molecule has 0 bridgehead atoms. The van der Waals surface area contributed by atoms with Crippen molar-refractivity contribution in [1.82, 2.24) is 9.80 Å². The van der Waals surface area contributed by atoms with Crippen LogP contribution < -0.4 is 0 Å². The molecule has 0 radical (unpaired) electrons. The minimum absolute atomic E-state index is 0.0762. The predicted octanol–water partition coefficient (Wildman–Crippen LogP) is 0.0969. The average Bonchev–Trinajstić information content (AvgIpc) is 2.83. The summed E-state index contributed by atoms with van der Waals surface area (Å²) in [4.78, 5) is 15.0. The van der Waals surface area contributed by atoms with E-state index < -0.39 is 15.8 Å². The van der Waals surface area contributed by atoms with Crippen LogP contribution in [-0.2, 0) is 21.1 Å². The zero-order chi connectivity index (χ0) is 16.4. The van der Waals surface area contributed by atoms with E-state index in [4.69, 9.17) is 5.11 Å². The van der Waals surface area contributed by atoms with Crippen LogP contribution in [0.1, 0.15) is 5.56 Å². The Kier molecular flexibility index (Phi) is 4.70. The number of benzene rings is 1. The van der Waals surface area contributed by atoms with Crippen molar-refractivity contribution in [3.63, 3.8) is 0 Å². The van der Waals surface area contributed by atoms with E-state index in [9.17, 15) is 13.2 Å². The van der Waals surface area contributed by atoms with E-state index in [1.54, 1.807) is 0 Å². The minimum atomic E-state index is -3.09. The van der Waals surface area contributed by atoms with Crippen molar-refractivity contribution in [2.75, 3.05) is 37.7 Å². The molecule has 2 aliphatic heterocycles. The summed E-state index contributed by atoms with van der Waals surface area (Å²) >= 11 is 0. The zero-order valence-corrected chi connectivity index (χ0v) is 13.8. The fourth-order valence-corrected chi connectivity index (χ4v) is 5.70. The SMILES string of the molecule is O=C(O)CN1CCN(CCc2ccccc2)[C@H]2CS(=O)(=O)C[C@H]21. The lowest BCUT2D eigenvalue weighted by Gasteiger charge is -2.43. The molecule has 0 unspecified atom stereocenters. The third-order valence-corrected chi connectivity index (χ3v) is 6.47. The van der Waals surface area contributed by atoms with E-state index in [1.165, 1.54) is 5.56 Å². The van der Waals surface area contributed by atoms with Crippen molar-refractivity contribution in [3.8, 4) is 0 Å². The topological polar surface area (TPSA) is 77.9 Å². The molecule has 0 spiro atoms. The van der Waals surface area contributed by atoms with Gasteiger partial charge >= 0.3 is 5.97 Å². The number of nitrogens with zero attached hydrogens (tertiary/aromatic N) is 2. The molecule has 2 heterocycles. The molecule has 6 nitrogen and oxygen atoms in total. The number of sulfone groups is 1. The highest BCUT2D eigenvalue weighted by molar-refractivity contribution is 7.91. The largest absolute Gasteiger partial charge is 0.480 e. The van der Waals surface area contributed by atoms with Crippen molar-refractivity contribution in [1.29, 1.82) is 0 Å². The lowest BCUT2D eigenvalue weighted by molar-refractivity contribution is -0.139. The first-order chi connectivity index (χ1) is 10.9. The van der Waals surface area contributed by atoms with Crippen LogP contribution in [0.3, 0.4) is 0 Å². The fourth-order valence-electron chi connectivity index (χ4n) is 3.66. The van der Waals surface area contributed by atoms with Gasteiger partial charge in [0.1, 0.15) is 0 Å². The molecule has 2 fully saturated rings. The van der Waals surface area contributed by atoms with E-state index in [-0.39, 0.29) is 30.1 Å². The first-order valence-corrected chi connectivity index (χ1v) is 9.71. The first-order valence-electron chi connectivity index (χ1n) is 7.89. The number of hydrogen-bond acceptors (Lipinski definition) is 5. The van der Waals surface area contributed by atoms with Gasteiger partial charge < -0.3 is 5.11 Å². The van der Waals surface area contributed by atoms with E-state index in [0.29, 0.717) is 6.54 Å². The lowest BCUT2D eigenvalue weighted by Crippen LogP contribution is -2.60. The Morgan fingerprint density at radius 2 is 1.70 bits per heavy atom. The van der Waals surface area contributed by atoms with Crippen LogP contribution in [0.4, 0.5) is 0 Å². The van der Waals surface area contributed by atoms with Crippen LogP contribution in [-0.4, -0.2) is 79.1 Å². The quantitative estimate of drug-likeness (QED) is 0.820.